The van der Waals surface area contributed by atoms with Crippen molar-refractivity contribution in [2.45, 2.75) is 19.4 Å². The van der Waals surface area contributed by atoms with Crippen LogP contribution in [0, 0.1) is 0 Å². The van der Waals surface area contributed by atoms with Crippen LogP contribution in [0.2, 0.25) is 0 Å². The van der Waals surface area contributed by atoms with E-state index in [1.807, 2.05) is 6.92 Å². The molecule has 0 heterocycles. The maximum atomic E-state index is 8.79. The van der Waals surface area contributed by atoms with Gasteiger partial charge in [-0.25, -0.2) is 0 Å². The first-order valence-corrected chi connectivity index (χ1v) is 2.76. The first-order chi connectivity index (χ1) is 3.81. The van der Waals surface area contributed by atoms with Crippen LogP contribution < -0.4 is 0 Å². The molecule has 2 N–H and O–H groups in total. The molecule has 2 nitrogen and oxygen atoms in total. The van der Waals surface area contributed by atoms with E-state index in [0.29, 0.717) is 6.42 Å². The van der Waals surface area contributed by atoms with Gasteiger partial charge in [0.1, 0.15) is 0 Å². The summed E-state index contributed by atoms with van der Waals surface area (Å²) in [5.41, 5.74) is 0. The molecule has 0 bridgehead atoms. The number of aliphatic hydroxyl groups excluding tert-OH is 2. The highest BCUT2D eigenvalue weighted by atomic mass is 16.3. The molecule has 0 aliphatic rings. The summed E-state index contributed by atoms with van der Waals surface area (Å²) < 4.78 is 0. The Labute approximate surface area is 49.5 Å². The van der Waals surface area contributed by atoms with Crippen LogP contribution in [0.1, 0.15) is 13.3 Å². The van der Waals surface area contributed by atoms with Crippen LogP contribution in [0.25, 0.3) is 0 Å². The van der Waals surface area contributed by atoms with Crippen molar-refractivity contribution in [3.8, 4) is 0 Å². The van der Waals surface area contributed by atoms with Gasteiger partial charge >= 0.3 is 0 Å². The lowest BCUT2D eigenvalue weighted by molar-refractivity contribution is 0.217. The van der Waals surface area contributed by atoms with E-state index in [1.165, 1.54) is 6.08 Å². The van der Waals surface area contributed by atoms with Gasteiger partial charge in [0.2, 0.25) is 0 Å². The molecule has 2 heteroatoms. The highest BCUT2D eigenvalue weighted by Gasteiger charge is 1.89. The van der Waals surface area contributed by atoms with Gasteiger partial charge in [0, 0.05) is 0 Å². The van der Waals surface area contributed by atoms with E-state index in [0.717, 1.165) is 0 Å². The maximum Gasteiger partial charge on any atom is 0.0719 e. The number of hydrogen-bond acceptors (Lipinski definition) is 2. The second kappa shape index (κ2) is 4.81. The molecule has 48 valence electrons. The van der Waals surface area contributed by atoms with Crippen LogP contribution in [0.4, 0.5) is 0 Å². The minimum absolute atomic E-state index is 0.0110. The standard InChI is InChI=1S/C6H12O2/c1-2-6(8)4-3-5-7/h3-4,6-8H,2,5H2,1H3/b4-3-. The number of hydrogen-bond donors (Lipinski definition) is 2. The zero-order valence-corrected chi connectivity index (χ0v) is 5.04. The van der Waals surface area contributed by atoms with E-state index in [-0.39, 0.29) is 12.7 Å². The van der Waals surface area contributed by atoms with Gasteiger partial charge in [-0.1, -0.05) is 19.1 Å². The minimum atomic E-state index is -0.387. The van der Waals surface area contributed by atoms with Gasteiger partial charge in [-0.2, -0.15) is 0 Å². The van der Waals surface area contributed by atoms with Gasteiger partial charge in [0.05, 0.1) is 12.7 Å². The summed E-state index contributed by atoms with van der Waals surface area (Å²) in [7, 11) is 0. The first-order valence-electron chi connectivity index (χ1n) is 2.76. The Kier molecular flexibility index (Phi) is 4.61. The van der Waals surface area contributed by atoms with Gasteiger partial charge in [-0.3, -0.25) is 0 Å². The fourth-order valence-corrected chi connectivity index (χ4v) is 0.354. The monoisotopic (exact) mass is 116 g/mol. The van der Waals surface area contributed by atoms with Crippen molar-refractivity contribution < 1.29 is 10.2 Å². The molecule has 1 unspecified atom stereocenters. The van der Waals surface area contributed by atoms with E-state index in [2.05, 4.69) is 0 Å². The predicted molar refractivity (Wildman–Crippen MR) is 32.5 cm³/mol. The first kappa shape index (κ1) is 7.66. The molecule has 0 rings (SSSR count). The van der Waals surface area contributed by atoms with Crippen LogP contribution in [-0.2, 0) is 0 Å². The molecule has 1 atom stereocenters. The van der Waals surface area contributed by atoms with Crippen molar-refractivity contribution >= 4 is 0 Å². The van der Waals surface area contributed by atoms with Gasteiger partial charge in [0.15, 0.2) is 0 Å². The Hall–Kier alpha value is -0.340. The number of aliphatic hydroxyl groups is 2. The van der Waals surface area contributed by atoms with Gasteiger partial charge in [0.25, 0.3) is 0 Å². The van der Waals surface area contributed by atoms with Crippen molar-refractivity contribution in [2.75, 3.05) is 6.61 Å². The number of rotatable bonds is 3. The summed E-state index contributed by atoms with van der Waals surface area (Å²) in [4.78, 5) is 0. The Bertz CT molecular complexity index is 68.9. The van der Waals surface area contributed by atoms with Crippen LogP contribution >= 0.6 is 0 Å². The Balaban J connectivity index is 3.21. The fraction of sp³-hybridized carbons (Fsp3) is 0.667. The average Bonchev–Trinajstić information content (AvgIpc) is 1.83. The van der Waals surface area contributed by atoms with Crippen LogP contribution in [0.5, 0.6) is 0 Å². The molecule has 0 amide bonds. The molecule has 0 aromatic heterocycles. The normalized spacial score (nSPS) is 14.9. The molecular formula is C6H12O2. The molecule has 0 radical (unpaired) electrons. The van der Waals surface area contributed by atoms with E-state index in [4.69, 9.17) is 10.2 Å². The smallest absolute Gasteiger partial charge is 0.0719 e. The molecule has 0 saturated carbocycles. The topological polar surface area (TPSA) is 40.5 Å². The van der Waals surface area contributed by atoms with Crippen molar-refractivity contribution in [2.24, 2.45) is 0 Å². The van der Waals surface area contributed by atoms with Crippen molar-refractivity contribution in [1.29, 1.82) is 0 Å². The quantitative estimate of drug-likeness (QED) is 0.521. The average molecular weight is 116 g/mol. The highest BCUT2D eigenvalue weighted by molar-refractivity contribution is 4.86. The van der Waals surface area contributed by atoms with Crippen molar-refractivity contribution in [1.82, 2.24) is 0 Å². The van der Waals surface area contributed by atoms with Gasteiger partial charge in [-0.15, -0.1) is 0 Å². The minimum Gasteiger partial charge on any atom is -0.392 e. The fourth-order valence-electron chi connectivity index (χ4n) is 0.354. The van der Waals surface area contributed by atoms with Crippen LogP contribution in [-0.4, -0.2) is 22.9 Å². The summed E-state index contributed by atoms with van der Waals surface area (Å²) >= 11 is 0. The molecule has 0 saturated heterocycles. The van der Waals surface area contributed by atoms with E-state index in [1.54, 1.807) is 6.08 Å². The lowest BCUT2D eigenvalue weighted by Crippen LogP contribution is -1.98. The summed E-state index contributed by atoms with van der Waals surface area (Å²) in [6, 6.07) is 0. The molecule has 0 fully saturated rings. The predicted octanol–water partition coefficient (Wildman–Crippen LogP) is 0.306. The van der Waals surface area contributed by atoms with Crippen LogP contribution in [0.3, 0.4) is 0 Å². The summed E-state index contributed by atoms with van der Waals surface area (Å²) in [5.74, 6) is 0. The molecule has 8 heavy (non-hydrogen) atoms. The summed E-state index contributed by atoms with van der Waals surface area (Å²) in [5, 5.41) is 17.0. The lowest BCUT2D eigenvalue weighted by atomic mass is 10.2. The lowest BCUT2D eigenvalue weighted by Gasteiger charge is -1.96. The van der Waals surface area contributed by atoms with Gasteiger partial charge in [-0.05, 0) is 6.42 Å². The van der Waals surface area contributed by atoms with Crippen LogP contribution in [0.15, 0.2) is 12.2 Å². The highest BCUT2D eigenvalue weighted by Crippen LogP contribution is 1.89. The third-order valence-electron chi connectivity index (χ3n) is 0.882. The SMILES string of the molecule is CCC(O)/C=C\CO. The largest absolute Gasteiger partial charge is 0.392 e. The van der Waals surface area contributed by atoms with E-state index >= 15 is 0 Å². The summed E-state index contributed by atoms with van der Waals surface area (Å²) in [6.45, 7) is 1.89. The molecular weight excluding hydrogens is 104 g/mol. The molecule has 0 aromatic rings. The van der Waals surface area contributed by atoms with Crippen molar-refractivity contribution in [3.05, 3.63) is 12.2 Å². The second-order valence-electron chi connectivity index (χ2n) is 1.59. The second-order valence-corrected chi connectivity index (χ2v) is 1.59. The third kappa shape index (κ3) is 3.84. The van der Waals surface area contributed by atoms with Crippen molar-refractivity contribution in [3.63, 3.8) is 0 Å². The third-order valence-corrected chi connectivity index (χ3v) is 0.882. The Morgan fingerprint density at radius 2 is 2.25 bits per heavy atom. The molecule has 0 spiro atoms. The Morgan fingerprint density at radius 1 is 1.62 bits per heavy atom. The van der Waals surface area contributed by atoms with E-state index in [9.17, 15) is 0 Å². The molecule has 0 aliphatic carbocycles. The Morgan fingerprint density at radius 3 is 2.62 bits per heavy atom. The van der Waals surface area contributed by atoms with E-state index < -0.39 is 0 Å². The zero-order valence-electron chi connectivity index (χ0n) is 5.04. The van der Waals surface area contributed by atoms with Gasteiger partial charge < -0.3 is 10.2 Å². The maximum absolute atomic E-state index is 8.79. The zero-order chi connectivity index (χ0) is 6.41. The molecule has 0 aromatic carbocycles. The molecule has 0 aliphatic heterocycles. The summed E-state index contributed by atoms with van der Waals surface area (Å²) in [6.07, 6.45) is 3.44.